The lowest BCUT2D eigenvalue weighted by molar-refractivity contribution is -0.138. The maximum Gasteiger partial charge on any atom is 0.319 e. The largest absolute Gasteiger partial charge is 0.482 e. The van der Waals surface area contributed by atoms with Gasteiger partial charge in [-0.25, -0.2) is 4.79 Å². The fourth-order valence-electron chi connectivity index (χ4n) is 4.67. The fraction of sp³-hybridized carbons (Fsp3) is 0.194. The van der Waals surface area contributed by atoms with Gasteiger partial charge in [-0.2, -0.15) is 0 Å². The summed E-state index contributed by atoms with van der Waals surface area (Å²) in [7, 11) is 3.21. The molecule has 3 N–H and O–H groups in total. The number of nitrogens with zero attached hydrogens (tertiary/aromatic N) is 3. The molecule has 1 atom stereocenters. The Morgan fingerprint density at radius 3 is 2.14 bits per heavy atom. The lowest BCUT2D eigenvalue weighted by atomic mass is 10.0. The van der Waals surface area contributed by atoms with Crippen LogP contribution in [0.25, 0.3) is 0 Å². The zero-order valence-corrected chi connectivity index (χ0v) is 28.7. The predicted octanol–water partition coefficient (Wildman–Crippen LogP) is 5.50. The molecule has 1 unspecified atom stereocenters. The first-order chi connectivity index (χ1) is 23.4. The van der Waals surface area contributed by atoms with E-state index in [9.17, 15) is 29.1 Å². The molecule has 0 aromatic heterocycles. The van der Waals surface area contributed by atoms with E-state index in [1.54, 1.807) is 99.0 Å². The van der Waals surface area contributed by atoms with Gasteiger partial charge < -0.3 is 30.3 Å². The van der Waals surface area contributed by atoms with Crippen molar-refractivity contribution in [3.63, 3.8) is 0 Å². The van der Waals surface area contributed by atoms with E-state index < -0.39 is 42.8 Å². The fourth-order valence-corrected chi connectivity index (χ4v) is 5.05. The third-order valence-electron chi connectivity index (χ3n) is 7.60. The van der Waals surface area contributed by atoms with Crippen LogP contribution in [0.1, 0.15) is 18.4 Å². The number of aliphatic carboxylic acids is 1. The first-order valence-corrected chi connectivity index (χ1v) is 16.0. The summed E-state index contributed by atoms with van der Waals surface area (Å²) in [6.07, 6.45) is 0. The molecule has 49 heavy (non-hydrogen) atoms. The Bertz CT molecular complexity index is 1820. The van der Waals surface area contributed by atoms with E-state index in [1.165, 1.54) is 27.7 Å². The molecule has 4 rings (SSSR count). The van der Waals surface area contributed by atoms with Gasteiger partial charge >= 0.3 is 12.0 Å². The Balaban J connectivity index is 1.52. The van der Waals surface area contributed by atoms with Gasteiger partial charge in [0.25, 0.3) is 5.91 Å². The molecule has 0 radical (unpaired) electrons. The first kappa shape index (κ1) is 36.2. The van der Waals surface area contributed by atoms with Gasteiger partial charge in [0.2, 0.25) is 11.8 Å². The second-order valence-electron chi connectivity index (χ2n) is 11.0. The molecular weight excluding hydrogens is 694 g/mol. The number of halogens is 1. The molecule has 0 heterocycles. The normalized spacial score (nSPS) is 11.1. The summed E-state index contributed by atoms with van der Waals surface area (Å²) in [5.74, 6) is -3.03. The van der Waals surface area contributed by atoms with E-state index in [-0.39, 0.29) is 24.0 Å². The number of carboxylic acids is 1. The van der Waals surface area contributed by atoms with Crippen molar-refractivity contribution in [2.75, 3.05) is 53.8 Å². The first-order valence-electron chi connectivity index (χ1n) is 15.2. The highest BCUT2D eigenvalue weighted by atomic mass is 79.9. The van der Waals surface area contributed by atoms with E-state index >= 15 is 0 Å². The van der Waals surface area contributed by atoms with Gasteiger partial charge in [0.05, 0.1) is 18.2 Å². The van der Waals surface area contributed by atoms with Crippen molar-refractivity contribution in [2.24, 2.45) is 0 Å². The monoisotopic (exact) mass is 729 g/mol. The lowest BCUT2D eigenvalue weighted by Gasteiger charge is -2.27. The third-order valence-corrected chi connectivity index (χ3v) is 8.10. The standard InChI is InChI=1S/C36H36BrN5O7/c1-24(35(46)47)25-11-9-13-27(19-25)39-36(48)38-21-32(43)42(22-33(44)40(2)28-14-5-4-6-15-28)30-17-7-8-18-31(30)49-23-34(45)41(3)29-16-10-12-26(37)20-29/h4-20,24H,21-23H2,1-3H3,(H,46,47)(H2,38,39,48). The second-order valence-corrected chi connectivity index (χ2v) is 11.9. The molecular formula is C36H36BrN5O7. The SMILES string of the molecule is CC(C(=O)O)c1cccc(NC(=O)NCC(=O)N(CC(=O)N(C)c2ccccc2)c2ccccc2OCC(=O)N(C)c2cccc(Br)c2)c1. The van der Waals surface area contributed by atoms with Crippen LogP contribution in [0, 0.1) is 0 Å². The van der Waals surface area contributed by atoms with Crippen molar-refractivity contribution >= 4 is 68.4 Å². The number of anilines is 4. The predicted molar refractivity (Wildman–Crippen MR) is 191 cm³/mol. The summed E-state index contributed by atoms with van der Waals surface area (Å²) >= 11 is 3.40. The minimum absolute atomic E-state index is 0.177. The van der Waals surface area contributed by atoms with E-state index in [0.717, 1.165) is 4.47 Å². The smallest absolute Gasteiger partial charge is 0.319 e. The number of amides is 5. The van der Waals surface area contributed by atoms with Gasteiger partial charge in [-0.05, 0) is 67.1 Å². The zero-order valence-electron chi connectivity index (χ0n) is 27.1. The number of carboxylic acid groups (broad SMARTS) is 1. The van der Waals surface area contributed by atoms with Crippen molar-refractivity contribution < 1.29 is 33.8 Å². The molecule has 0 fully saturated rings. The maximum atomic E-state index is 13.7. The minimum atomic E-state index is -1.01. The van der Waals surface area contributed by atoms with Gasteiger partial charge in [0.1, 0.15) is 12.3 Å². The molecule has 0 spiro atoms. The van der Waals surface area contributed by atoms with Gasteiger partial charge in [-0.1, -0.05) is 64.5 Å². The number of urea groups is 1. The van der Waals surface area contributed by atoms with Gasteiger partial charge in [0.15, 0.2) is 6.61 Å². The lowest BCUT2D eigenvalue weighted by Crippen LogP contribution is -2.46. The Hall–Kier alpha value is -5.69. The molecule has 0 aliphatic rings. The molecule has 4 aromatic rings. The summed E-state index contributed by atoms with van der Waals surface area (Å²) < 4.78 is 6.72. The Morgan fingerprint density at radius 1 is 0.776 bits per heavy atom. The van der Waals surface area contributed by atoms with Crippen LogP contribution in [0.3, 0.4) is 0 Å². The van der Waals surface area contributed by atoms with Gasteiger partial charge in [-0.15, -0.1) is 0 Å². The van der Waals surface area contributed by atoms with Crippen molar-refractivity contribution in [3.05, 3.63) is 113 Å². The van der Waals surface area contributed by atoms with Crippen LogP contribution in [-0.2, 0) is 19.2 Å². The van der Waals surface area contributed by atoms with Crippen LogP contribution in [-0.4, -0.2) is 68.6 Å². The van der Waals surface area contributed by atoms with Crippen LogP contribution in [0.5, 0.6) is 5.75 Å². The number of ether oxygens (including phenoxy) is 1. The molecule has 254 valence electrons. The van der Waals surface area contributed by atoms with E-state index in [4.69, 9.17) is 4.74 Å². The topological polar surface area (TPSA) is 149 Å². The third kappa shape index (κ3) is 9.91. The number of hydrogen-bond acceptors (Lipinski definition) is 6. The summed E-state index contributed by atoms with van der Waals surface area (Å²) in [6, 6.07) is 28.3. The Kier molecular flexibility index (Phi) is 12.5. The summed E-state index contributed by atoms with van der Waals surface area (Å²) in [5, 5.41) is 14.4. The van der Waals surface area contributed by atoms with Gasteiger partial charge in [-0.3, -0.25) is 24.1 Å². The van der Waals surface area contributed by atoms with E-state index in [2.05, 4.69) is 26.6 Å². The maximum absolute atomic E-state index is 13.7. The number of rotatable bonds is 13. The Labute approximate surface area is 292 Å². The van der Waals surface area contributed by atoms with Crippen molar-refractivity contribution in [3.8, 4) is 5.75 Å². The molecule has 0 aliphatic carbocycles. The summed E-state index contributed by atoms with van der Waals surface area (Å²) in [5.41, 5.74) is 2.31. The molecule has 5 amide bonds. The number of likely N-dealkylation sites (N-methyl/N-ethyl adjacent to an activating group) is 2. The van der Waals surface area contributed by atoms with Crippen LogP contribution in [0.4, 0.5) is 27.5 Å². The van der Waals surface area contributed by atoms with Crippen molar-refractivity contribution in [1.29, 1.82) is 0 Å². The van der Waals surface area contributed by atoms with Crippen LogP contribution >= 0.6 is 15.9 Å². The number of carbonyl (C=O) groups is 5. The average Bonchev–Trinajstić information content (AvgIpc) is 3.11. The van der Waals surface area contributed by atoms with Crippen LogP contribution in [0.2, 0.25) is 0 Å². The zero-order chi connectivity index (χ0) is 35.5. The number of nitrogens with one attached hydrogen (secondary N) is 2. The Morgan fingerprint density at radius 2 is 1.43 bits per heavy atom. The molecule has 4 aromatic carbocycles. The quantitative estimate of drug-likeness (QED) is 0.165. The minimum Gasteiger partial charge on any atom is -0.482 e. The highest BCUT2D eigenvalue weighted by Crippen LogP contribution is 2.29. The molecule has 13 heteroatoms. The second kappa shape index (κ2) is 16.9. The average molecular weight is 731 g/mol. The molecule has 0 bridgehead atoms. The molecule has 0 aliphatic heterocycles. The number of carbonyl (C=O) groups excluding carboxylic acids is 4. The van der Waals surface area contributed by atoms with E-state index in [0.29, 0.717) is 22.6 Å². The highest BCUT2D eigenvalue weighted by molar-refractivity contribution is 9.10. The van der Waals surface area contributed by atoms with Crippen LogP contribution in [0.15, 0.2) is 108 Å². The highest BCUT2D eigenvalue weighted by Gasteiger charge is 2.26. The molecule has 0 saturated carbocycles. The van der Waals surface area contributed by atoms with Crippen molar-refractivity contribution in [2.45, 2.75) is 12.8 Å². The number of benzene rings is 4. The number of hydrogen-bond donors (Lipinski definition) is 3. The van der Waals surface area contributed by atoms with Gasteiger partial charge in [0, 0.05) is 35.6 Å². The molecule has 12 nitrogen and oxygen atoms in total. The summed E-state index contributed by atoms with van der Waals surface area (Å²) in [6.45, 7) is 0.261. The van der Waals surface area contributed by atoms with Crippen LogP contribution < -0.4 is 30.1 Å². The van der Waals surface area contributed by atoms with E-state index in [1.807, 2.05) is 12.1 Å². The number of para-hydroxylation sites is 3. The van der Waals surface area contributed by atoms with Crippen molar-refractivity contribution in [1.82, 2.24) is 5.32 Å². The summed E-state index contributed by atoms with van der Waals surface area (Å²) in [4.78, 5) is 68.5. The molecule has 0 saturated heterocycles.